The van der Waals surface area contributed by atoms with Crippen LogP contribution in [0.4, 0.5) is 0 Å². The Kier molecular flexibility index (Phi) is 7.17. The van der Waals surface area contributed by atoms with Crippen LogP contribution in [0.25, 0.3) is 0 Å². The van der Waals surface area contributed by atoms with E-state index in [0.717, 1.165) is 28.2 Å². The van der Waals surface area contributed by atoms with Crippen LogP contribution in [0.5, 0.6) is 0 Å². The number of unbranched alkanes of at least 4 members (excludes halogenated alkanes) is 1. The Morgan fingerprint density at radius 3 is 2.52 bits per heavy atom. The van der Waals surface area contributed by atoms with Gasteiger partial charge in [-0.15, -0.1) is 0 Å². The average Bonchev–Trinajstić information content (AvgIpc) is 2.56. The Morgan fingerprint density at radius 2 is 1.83 bits per heavy atom. The summed E-state index contributed by atoms with van der Waals surface area (Å²) in [7, 11) is 0. The van der Waals surface area contributed by atoms with Gasteiger partial charge < -0.3 is 9.84 Å². The molecule has 1 N–H and O–H groups in total. The van der Waals surface area contributed by atoms with E-state index in [1.165, 1.54) is 0 Å². The van der Waals surface area contributed by atoms with Gasteiger partial charge in [-0.05, 0) is 30.2 Å². The number of ether oxygens (including phenoxy) is 1. The molecule has 1 atom stereocenters. The lowest BCUT2D eigenvalue weighted by Crippen LogP contribution is -2.27. The first-order chi connectivity index (χ1) is 11.2. The summed E-state index contributed by atoms with van der Waals surface area (Å²) in [5, 5.41) is 9.38. The summed E-state index contributed by atoms with van der Waals surface area (Å²) < 4.78 is 5.54. The van der Waals surface area contributed by atoms with Gasteiger partial charge in [0.15, 0.2) is 6.10 Å². The molecule has 122 valence electrons. The van der Waals surface area contributed by atoms with Gasteiger partial charge in [-0.2, -0.15) is 0 Å². The van der Waals surface area contributed by atoms with Crippen molar-refractivity contribution in [2.45, 2.75) is 42.1 Å². The standard InChI is InChI=1S/C19H22O3S/c1-2-3-13-22-17(19(20)21)14-15-9-7-8-12-18(15)23-16-10-5-4-6-11-16/h4-12,17H,2-3,13-14H2,1H3,(H,20,21)/t17-/m1/s1. The van der Waals surface area contributed by atoms with E-state index in [1.54, 1.807) is 11.8 Å². The zero-order valence-electron chi connectivity index (χ0n) is 13.3. The van der Waals surface area contributed by atoms with Crippen molar-refractivity contribution in [1.29, 1.82) is 0 Å². The highest BCUT2D eigenvalue weighted by Crippen LogP contribution is 2.31. The maximum atomic E-state index is 11.4. The van der Waals surface area contributed by atoms with Crippen LogP contribution in [0.15, 0.2) is 64.4 Å². The molecule has 0 spiro atoms. The maximum Gasteiger partial charge on any atom is 0.333 e. The molecule has 2 aromatic carbocycles. The first kappa shape index (κ1) is 17.6. The molecule has 2 rings (SSSR count). The molecule has 0 bridgehead atoms. The summed E-state index contributed by atoms with van der Waals surface area (Å²) in [5.41, 5.74) is 1.00. The fraction of sp³-hybridized carbons (Fsp3) is 0.316. The van der Waals surface area contributed by atoms with Crippen molar-refractivity contribution < 1.29 is 14.6 Å². The molecule has 0 amide bonds. The average molecular weight is 330 g/mol. The van der Waals surface area contributed by atoms with Crippen LogP contribution in [0.3, 0.4) is 0 Å². The highest BCUT2D eigenvalue weighted by atomic mass is 32.2. The lowest BCUT2D eigenvalue weighted by molar-refractivity contribution is -0.150. The monoisotopic (exact) mass is 330 g/mol. The number of benzene rings is 2. The minimum absolute atomic E-state index is 0.384. The number of hydrogen-bond acceptors (Lipinski definition) is 3. The van der Waals surface area contributed by atoms with E-state index in [1.807, 2.05) is 54.6 Å². The molecule has 3 nitrogen and oxygen atoms in total. The fourth-order valence-electron chi connectivity index (χ4n) is 2.17. The minimum atomic E-state index is -0.902. The molecule has 0 aliphatic rings. The van der Waals surface area contributed by atoms with Crippen molar-refractivity contribution in [1.82, 2.24) is 0 Å². The van der Waals surface area contributed by atoms with Gasteiger partial charge >= 0.3 is 5.97 Å². The highest BCUT2D eigenvalue weighted by Gasteiger charge is 2.20. The molecular weight excluding hydrogens is 308 g/mol. The third-order valence-electron chi connectivity index (χ3n) is 3.44. The molecule has 0 aliphatic heterocycles. The van der Waals surface area contributed by atoms with Gasteiger partial charge in [-0.1, -0.05) is 61.5 Å². The van der Waals surface area contributed by atoms with Crippen LogP contribution in [0.1, 0.15) is 25.3 Å². The molecule has 0 unspecified atom stereocenters. The summed E-state index contributed by atoms with van der Waals surface area (Å²) in [6.45, 7) is 2.55. The molecule has 0 saturated carbocycles. The van der Waals surface area contributed by atoms with Gasteiger partial charge in [0.25, 0.3) is 0 Å². The van der Waals surface area contributed by atoms with Crippen molar-refractivity contribution in [3.05, 3.63) is 60.2 Å². The van der Waals surface area contributed by atoms with E-state index in [0.29, 0.717) is 13.0 Å². The zero-order chi connectivity index (χ0) is 16.5. The third kappa shape index (κ3) is 5.73. The third-order valence-corrected chi connectivity index (χ3v) is 4.57. The second kappa shape index (κ2) is 9.38. The number of aliphatic carboxylic acids is 1. The summed E-state index contributed by atoms with van der Waals surface area (Å²) in [5.74, 6) is -0.902. The van der Waals surface area contributed by atoms with Gasteiger partial charge in [-0.25, -0.2) is 4.79 Å². The van der Waals surface area contributed by atoms with E-state index in [4.69, 9.17) is 4.74 Å². The van der Waals surface area contributed by atoms with Gasteiger partial charge in [0, 0.05) is 22.8 Å². The number of carboxylic acid groups (broad SMARTS) is 1. The quantitative estimate of drug-likeness (QED) is 0.680. The first-order valence-corrected chi connectivity index (χ1v) is 8.67. The largest absolute Gasteiger partial charge is 0.479 e. The first-order valence-electron chi connectivity index (χ1n) is 7.86. The molecule has 0 aromatic heterocycles. The van der Waals surface area contributed by atoms with Crippen LogP contribution in [0, 0.1) is 0 Å². The second-order valence-electron chi connectivity index (χ2n) is 5.28. The number of hydrogen-bond donors (Lipinski definition) is 1. The molecule has 0 saturated heterocycles. The summed E-state index contributed by atoms with van der Waals surface area (Å²) in [4.78, 5) is 13.6. The number of carbonyl (C=O) groups is 1. The van der Waals surface area contributed by atoms with Gasteiger partial charge in [-0.3, -0.25) is 0 Å². The van der Waals surface area contributed by atoms with Gasteiger partial charge in [0.2, 0.25) is 0 Å². The molecular formula is C19H22O3S. The smallest absolute Gasteiger partial charge is 0.333 e. The van der Waals surface area contributed by atoms with E-state index in [2.05, 4.69) is 6.92 Å². The van der Waals surface area contributed by atoms with Crippen LogP contribution in [-0.2, 0) is 16.0 Å². The van der Waals surface area contributed by atoms with Gasteiger partial charge in [0.05, 0.1) is 0 Å². The summed E-state index contributed by atoms with van der Waals surface area (Å²) in [6.07, 6.45) is 1.46. The predicted octanol–water partition coefficient (Wildman–Crippen LogP) is 4.65. The van der Waals surface area contributed by atoms with Gasteiger partial charge in [0.1, 0.15) is 0 Å². The van der Waals surface area contributed by atoms with Crippen molar-refractivity contribution in [2.75, 3.05) is 6.61 Å². The number of carboxylic acids is 1. The van der Waals surface area contributed by atoms with Crippen LogP contribution >= 0.6 is 11.8 Å². The second-order valence-corrected chi connectivity index (χ2v) is 6.39. The number of rotatable bonds is 9. The molecule has 0 fully saturated rings. The van der Waals surface area contributed by atoms with Crippen molar-refractivity contribution >= 4 is 17.7 Å². The molecule has 4 heteroatoms. The predicted molar refractivity (Wildman–Crippen MR) is 93.0 cm³/mol. The summed E-state index contributed by atoms with van der Waals surface area (Å²) >= 11 is 1.65. The Bertz CT molecular complexity index is 613. The van der Waals surface area contributed by atoms with E-state index < -0.39 is 12.1 Å². The maximum absolute atomic E-state index is 11.4. The van der Waals surface area contributed by atoms with E-state index in [-0.39, 0.29) is 0 Å². The Balaban J connectivity index is 2.10. The van der Waals surface area contributed by atoms with Crippen LogP contribution < -0.4 is 0 Å². The Labute approximate surface area is 141 Å². The topological polar surface area (TPSA) is 46.5 Å². The normalized spacial score (nSPS) is 12.0. The lowest BCUT2D eigenvalue weighted by Gasteiger charge is -2.16. The van der Waals surface area contributed by atoms with Crippen molar-refractivity contribution in [3.63, 3.8) is 0 Å². The Morgan fingerprint density at radius 1 is 1.13 bits per heavy atom. The Hall–Kier alpha value is -1.78. The summed E-state index contributed by atoms with van der Waals surface area (Å²) in [6, 6.07) is 18.0. The molecule has 0 radical (unpaired) electrons. The van der Waals surface area contributed by atoms with Crippen molar-refractivity contribution in [2.24, 2.45) is 0 Å². The van der Waals surface area contributed by atoms with E-state index >= 15 is 0 Å². The molecule has 0 heterocycles. The fourth-order valence-corrected chi connectivity index (χ4v) is 3.15. The minimum Gasteiger partial charge on any atom is -0.479 e. The van der Waals surface area contributed by atoms with Crippen LogP contribution in [-0.4, -0.2) is 23.8 Å². The SMILES string of the molecule is CCCCO[C@H](Cc1ccccc1Sc1ccccc1)C(=O)O. The van der Waals surface area contributed by atoms with Crippen LogP contribution in [0.2, 0.25) is 0 Å². The van der Waals surface area contributed by atoms with E-state index in [9.17, 15) is 9.90 Å². The highest BCUT2D eigenvalue weighted by molar-refractivity contribution is 7.99. The molecule has 2 aromatic rings. The lowest BCUT2D eigenvalue weighted by atomic mass is 10.1. The molecule has 23 heavy (non-hydrogen) atoms. The zero-order valence-corrected chi connectivity index (χ0v) is 14.1. The van der Waals surface area contributed by atoms with Crippen molar-refractivity contribution in [3.8, 4) is 0 Å². The molecule has 0 aliphatic carbocycles.